The standard InChI is InChI=1S/C20H24N2O/c1-15-9-10-18(23-14-16-7-5-4-6-8-16)19-17(11-12-22(2)3)13-21-20(15)19/h4-10,13,21H,11-12,14H2,1-3H3. The van der Waals surface area contributed by atoms with Crippen LogP contribution < -0.4 is 4.74 Å². The van der Waals surface area contributed by atoms with Gasteiger partial charge < -0.3 is 14.6 Å². The number of aromatic nitrogens is 1. The lowest BCUT2D eigenvalue weighted by Crippen LogP contribution is -2.14. The van der Waals surface area contributed by atoms with Gasteiger partial charge in [-0.1, -0.05) is 36.4 Å². The number of benzene rings is 2. The van der Waals surface area contributed by atoms with Crippen LogP contribution in [0.4, 0.5) is 0 Å². The van der Waals surface area contributed by atoms with Crippen molar-refractivity contribution in [3.8, 4) is 5.75 Å². The minimum Gasteiger partial charge on any atom is -0.488 e. The lowest BCUT2D eigenvalue weighted by Gasteiger charge is -2.12. The first-order chi connectivity index (χ1) is 11.1. The van der Waals surface area contributed by atoms with E-state index in [1.165, 1.54) is 27.6 Å². The second-order valence-electron chi connectivity index (χ2n) is 6.27. The highest BCUT2D eigenvalue weighted by Gasteiger charge is 2.12. The highest BCUT2D eigenvalue weighted by Crippen LogP contribution is 2.32. The maximum atomic E-state index is 6.13. The maximum Gasteiger partial charge on any atom is 0.129 e. The maximum absolute atomic E-state index is 6.13. The Hall–Kier alpha value is -2.26. The van der Waals surface area contributed by atoms with Crippen molar-refractivity contribution in [2.75, 3.05) is 20.6 Å². The number of aryl methyl sites for hydroxylation is 1. The molecule has 1 aromatic heterocycles. The fraction of sp³-hybridized carbons (Fsp3) is 0.300. The van der Waals surface area contributed by atoms with Gasteiger partial charge in [0.05, 0.1) is 5.52 Å². The van der Waals surface area contributed by atoms with Gasteiger partial charge in [0.15, 0.2) is 0 Å². The smallest absolute Gasteiger partial charge is 0.129 e. The molecule has 0 saturated heterocycles. The number of aromatic amines is 1. The number of nitrogens with zero attached hydrogens (tertiary/aromatic N) is 1. The summed E-state index contributed by atoms with van der Waals surface area (Å²) in [5, 5.41) is 1.22. The monoisotopic (exact) mass is 308 g/mol. The van der Waals surface area contributed by atoms with Gasteiger partial charge in [-0.2, -0.15) is 0 Å². The summed E-state index contributed by atoms with van der Waals surface area (Å²) in [6.45, 7) is 3.76. The van der Waals surface area contributed by atoms with Crippen molar-refractivity contribution in [1.82, 2.24) is 9.88 Å². The molecule has 0 radical (unpaired) electrons. The quantitative estimate of drug-likeness (QED) is 0.740. The van der Waals surface area contributed by atoms with Crippen LogP contribution in [0.1, 0.15) is 16.7 Å². The molecule has 0 saturated carbocycles. The average molecular weight is 308 g/mol. The fourth-order valence-electron chi connectivity index (χ4n) is 2.82. The summed E-state index contributed by atoms with van der Waals surface area (Å²) in [5.74, 6) is 0.962. The lowest BCUT2D eigenvalue weighted by atomic mass is 10.1. The number of ether oxygens (including phenoxy) is 1. The molecule has 3 aromatic rings. The van der Waals surface area contributed by atoms with E-state index in [0.29, 0.717) is 6.61 Å². The molecule has 0 aliphatic rings. The van der Waals surface area contributed by atoms with Gasteiger partial charge in [0, 0.05) is 18.1 Å². The Balaban J connectivity index is 1.89. The molecule has 0 aliphatic heterocycles. The van der Waals surface area contributed by atoms with E-state index in [2.05, 4.69) is 61.4 Å². The summed E-state index contributed by atoms with van der Waals surface area (Å²) in [5.41, 5.74) is 4.94. The van der Waals surface area contributed by atoms with E-state index in [0.717, 1.165) is 18.7 Å². The van der Waals surface area contributed by atoms with Gasteiger partial charge in [-0.05, 0) is 50.2 Å². The Morgan fingerprint density at radius 3 is 2.57 bits per heavy atom. The molecule has 0 fully saturated rings. The SMILES string of the molecule is Cc1ccc(OCc2ccccc2)c2c(CCN(C)C)c[nH]c12. The van der Waals surface area contributed by atoms with E-state index >= 15 is 0 Å². The Labute approximate surface area is 137 Å². The van der Waals surface area contributed by atoms with Crippen LogP contribution in [-0.2, 0) is 13.0 Å². The second kappa shape index (κ2) is 6.88. The molecule has 0 aliphatic carbocycles. The molecule has 0 atom stereocenters. The Kier molecular flexibility index (Phi) is 4.68. The first-order valence-electron chi connectivity index (χ1n) is 8.06. The average Bonchev–Trinajstić information content (AvgIpc) is 2.98. The first-order valence-corrected chi connectivity index (χ1v) is 8.06. The molecule has 2 aromatic carbocycles. The summed E-state index contributed by atoms with van der Waals surface area (Å²) in [6.07, 6.45) is 3.13. The summed E-state index contributed by atoms with van der Waals surface area (Å²) in [4.78, 5) is 5.63. The van der Waals surface area contributed by atoms with Crippen molar-refractivity contribution in [1.29, 1.82) is 0 Å². The second-order valence-corrected chi connectivity index (χ2v) is 6.27. The zero-order valence-electron chi connectivity index (χ0n) is 14.1. The topological polar surface area (TPSA) is 28.3 Å². The largest absolute Gasteiger partial charge is 0.488 e. The molecular weight excluding hydrogens is 284 g/mol. The number of rotatable bonds is 6. The molecule has 1 N–H and O–H groups in total. The van der Waals surface area contributed by atoms with Crippen molar-refractivity contribution in [3.05, 3.63) is 65.4 Å². The fourth-order valence-corrected chi connectivity index (χ4v) is 2.82. The highest BCUT2D eigenvalue weighted by atomic mass is 16.5. The highest BCUT2D eigenvalue weighted by molar-refractivity contribution is 5.91. The molecule has 3 rings (SSSR count). The number of H-pyrrole nitrogens is 1. The molecule has 0 spiro atoms. The van der Waals surface area contributed by atoms with Gasteiger partial charge in [0.1, 0.15) is 12.4 Å². The number of hydrogen-bond donors (Lipinski definition) is 1. The predicted octanol–water partition coefficient (Wildman–Crippen LogP) is 4.16. The summed E-state index contributed by atoms with van der Waals surface area (Å²) >= 11 is 0. The number of hydrogen-bond acceptors (Lipinski definition) is 2. The molecule has 1 heterocycles. The first kappa shape index (κ1) is 15.6. The van der Waals surface area contributed by atoms with Gasteiger partial charge in [0.25, 0.3) is 0 Å². The van der Waals surface area contributed by atoms with E-state index in [-0.39, 0.29) is 0 Å². The normalized spacial score (nSPS) is 11.3. The van der Waals surface area contributed by atoms with E-state index in [4.69, 9.17) is 4.74 Å². The van der Waals surface area contributed by atoms with Crippen LogP contribution in [0.15, 0.2) is 48.7 Å². The zero-order valence-corrected chi connectivity index (χ0v) is 14.1. The Morgan fingerprint density at radius 1 is 1.04 bits per heavy atom. The van der Waals surface area contributed by atoms with Crippen molar-refractivity contribution < 1.29 is 4.74 Å². The van der Waals surface area contributed by atoms with E-state index in [1.54, 1.807) is 0 Å². The summed E-state index contributed by atoms with van der Waals surface area (Å²) < 4.78 is 6.13. The third-order valence-electron chi connectivity index (χ3n) is 4.15. The molecule has 3 heteroatoms. The minimum atomic E-state index is 0.595. The lowest BCUT2D eigenvalue weighted by molar-refractivity contribution is 0.310. The van der Waals surface area contributed by atoms with Crippen LogP contribution in [0.3, 0.4) is 0 Å². The van der Waals surface area contributed by atoms with Crippen molar-refractivity contribution in [2.24, 2.45) is 0 Å². The van der Waals surface area contributed by atoms with Crippen molar-refractivity contribution >= 4 is 10.9 Å². The van der Waals surface area contributed by atoms with Gasteiger partial charge >= 0.3 is 0 Å². The van der Waals surface area contributed by atoms with Crippen LogP contribution >= 0.6 is 0 Å². The summed E-state index contributed by atoms with van der Waals surface area (Å²) in [7, 11) is 4.21. The zero-order chi connectivity index (χ0) is 16.2. The van der Waals surface area contributed by atoms with Crippen molar-refractivity contribution in [3.63, 3.8) is 0 Å². The van der Waals surface area contributed by atoms with Crippen LogP contribution in [0.5, 0.6) is 5.75 Å². The molecule has 120 valence electrons. The number of likely N-dealkylation sites (N-methyl/N-ethyl adjacent to an activating group) is 1. The van der Waals surface area contributed by atoms with Crippen molar-refractivity contribution in [2.45, 2.75) is 20.0 Å². The Morgan fingerprint density at radius 2 is 1.83 bits per heavy atom. The molecule has 0 unspecified atom stereocenters. The molecule has 23 heavy (non-hydrogen) atoms. The third kappa shape index (κ3) is 3.57. The van der Waals surface area contributed by atoms with Crippen LogP contribution in [0.2, 0.25) is 0 Å². The van der Waals surface area contributed by atoms with E-state index in [9.17, 15) is 0 Å². The van der Waals surface area contributed by atoms with Gasteiger partial charge in [-0.15, -0.1) is 0 Å². The van der Waals surface area contributed by atoms with E-state index in [1.807, 2.05) is 18.2 Å². The third-order valence-corrected chi connectivity index (χ3v) is 4.15. The molecule has 0 bridgehead atoms. The minimum absolute atomic E-state index is 0.595. The van der Waals surface area contributed by atoms with Gasteiger partial charge in [0.2, 0.25) is 0 Å². The molecule has 3 nitrogen and oxygen atoms in total. The van der Waals surface area contributed by atoms with E-state index < -0.39 is 0 Å². The molecular formula is C20H24N2O. The molecule has 0 amide bonds. The Bertz CT molecular complexity index is 775. The summed E-state index contributed by atoms with van der Waals surface area (Å²) in [6, 6.07) is 14.5. The van der Waals surface area contributed by atoms with Crippen LogP contribution in [0.25, 0.3) is 10.9 Å². The number of nitrogens with one attached hydrogen (secondary N) is 1. The van der Waals surface area contributed by atoms with Crippen LogP contribution in [0, 0.1) is 6.92 Å². The van der Waals surface area contributed by atoms with Gasteiger partial charge in [-0.25, -0.2) is 0 Å². The number of fused-ring (bicyclic) bond motifs is 1. The predicted molar refractivity (Wildman–Crippen MR) is 96.1 cm³/mol. The van der Waals surface area contributed by atoms with Gasteiger partial charge in [-0.3, -0.25) is 0 Å². The van der Waals surface area contributed by atoms with Crippen LogP contribution in [-0.4, -0.2) is 30.5 Å².